The Morgan fingerprint density at radius 2 is 1.70 bits per heavy atom. The molecule has 15 nitrogen and oxygen atoms in total. The van der Waals surface area contributed by atoms with Crippen LogP contribution in [0.4, 0.5) is 10.1 Å². The molecule has 0 unspecified atom stereocenters. The third-order valence-corrected chi connectivity index (χ3v) is 7.80. The number of aromatic nitrogens is 4. The van der Waals surface area contributed by atoms with E-state index in [1.54, 1.807) is 24.6 Å². The highest BCUT2D eigenvalue weighted by Crippen LogP contribution is 2.34. The van der Waals surface area contributed by atoms with Gasteiger partial charge in [-0.2, -0.15) is 0 Å². The van der Waals surface area contributed by atoms with Gasteiger partial charge in [0.1, 0.15) is 5.82 Å². The number of esters is 1. The van der Waals surface area contributed by atoms with Gasteiger partial charge in [-0.3, -0.25) is 19.2 Å². The standard InChI is InChI=1S/C34H44FN7O8/c1-22-29(20-27-26-19-24(35)7-8-28(26)39-33(27)45)38-23(2)32(22)34(46)37-11-10-36-30(43)9-13-48-15-17-50-18-16-49-14-12-42-21-25(40-41-42)5-4-6-31(44)47-3/h7-8,19-21,38H,4-6,9-18H2,1-3H3,(H,36,43)(H,37,46)(H,39,45)/b27-20-. The predicted molar refractivity (Wildman–Crippen MR) is 181 cm³/mol. The molecule has 4 rings (SSSR count). The minimum Gasteiger partial charge on any atom is -0.469 e. The molecule has 4 N–H and O–H groups in total. The second-order valence-corrected chi connectivity index (χ2v) is 11.5. The molecule has 3 heterocycles. The van der Waals surface area contributed by atoms with Gasteiger partial charge in [0.15, 0.2) is 0 Å². The van der Waals surface area contributed by atoms with Gasteiger partial charge in [-0.15, -0.1) is 5.10 Å². The van der Waals surface area contributed by atoms with Gasteiger partial charge in [0.2, 0.25) is 5.91 Å². The van der Waals surface area contributed by atoms with E-state index >= 15 is 0 Å². The van der Waals surface area contributed by atoms with Crippen molar-refractivity contribution in [3.63, 3.8) is 0 Å². The van der Waals surface area contributed by atoms with Crippen molar-refractivity contribution in [3.05, 3.63) is 64.0 Å². The third-order valence-electron chi connectivity index (χ3n) is 7.80. The number of carbonyl (C=O) groups excluding carboxylic acids is 4. The number of rotatable bonds is 21. The lowest BCUT2D eigenvalue weighted by molar-refractivity contribution is -0.140. The van der Waals surface area contributed by atoms with Crippen LogP contribution >= 0.6 is 0 Å². The van der Waals surface area contributed by atoms with Gasteiger partial charge < -0.3 is 39.9 Å². The summed E-state index contributed by atoms with van der Waals surface area (Å²) in [6, 6.07) is 4.09. The first-order chi connectivity index (χ1) is 24.2. The van der Waals surface area contributed by atoms with E-state index in [1.165, 1.54) is 25.3 Å². The monoisotopic (exact) mass is 697 g/mol. The van der Waals surface area contributed by atoms with E-state index in [1.807, 2.05) is 6.20 Å². The predicted octanol–water partition coefficient (Wildman–Crippen LogP) is 2.34. The molecule has 50 heavy (non-hydrogen) atoms. The number of aromatic amines is 1. The number of methoxy groups -OCH3 is 1. The summed E-state index contributed by atoms with van der Waals surface area (Å²) < 4.78 is 36.6. The Labute approximate surface area is 289 Å². The number of benzene rings is 1. The zero-order valence-electron chi connectivity index (χ0n) is 28.6. The second kappa shape index (κ2) is 19.3. The van der Waals surface area contributed by atoms with E-state index in [9.17, 15) is 23.6 Å². The number of amides is 3. The summed E-state index contributed by atoms with van der Waals surface area (Å²) >= 11 is 0. The van der Waals surface area contributed by atoms with Crippen LogP contribution in [0.25, 0.3) is 11.6 Å². The summed E-state index contributed by atoms with van der Waals surface area (Å²) in [6.45, 7) is 6.74. The Morgan fingerprint density at radius 1 is 0.980 bits per heavy atom. The van der Waals surface area contributed by atoms with Crippen LogP contribution in [0.5, 0.6) is 0 Å². The molecule has 270 valence electrons. The van der Waals surface area contributed by atoms with Gasteiger partial charge in [-0.05, 0) is 56.5 Å². The topological polar surface area (TPSA) is 188 Å². The number of aryl methyl sites for hydroxylation is 2. The fraction of sp³-hybridized carbons (Fsp3) is 0.471. The number of ether oxygens (including phenoxy) is 4. The van der Waals surface area contributed by atoms with E-state index < -0.39 is 5.82 Å². The Bertz CT molecular complexity index is 1670. The molecule has 16 heteroatoms. The first-order valence-corrected chi connectivity index (χ1v) is 16.4. The number of anilines is 1. The Balaban J connectivity index is 1.01. The van der Waals surface area contributed by atoms with Crippen molar-refractivity contribution in [2.45, 2.75) is 46.1 Å². The number of nitrogens with zero attached hydrogens (tertiary/aromatic N) is 3. The van der Waals surface area contributed by atoms with E-state index in [4.69, 9.17) is 14.2 Å². The highest BCUT2D eigenvalue weighted by Gasteiger charge is 2.26. The van der Waals surface area contributed by atoms with Gasteiger partial charge in [-0.25, -0.2) is 9.07 Å². The molecule has 0 spiro atoms. The highest BCUT2D eigenvalue weighted by atomic mass is 19.1. The maximum atomic E-state index is 13.8. The van der Waals surface area contributed by atoms with Gasteiger partial charge in [0, 0.05) is 54.8 Å². The van der Waals surface area contributed by atoms with Crippen molar-refractivity contribution in [1.29, 1.82) is 0 Å². The summed E-state index contributed by atoms with van der Waals surface area (Å²) in [7, 11) is 1.37. The molecule has 0 atom stereocenters. The minimum absolute atomic E-state index is 0.168. The smallest absolute Gasteiger partial charge is 0.305 e. The SMILES string of the molecule is COC(=O)CCCc1cn(CCOCCOCCOCCC(=O)NCCNC(=O)c2c(C)[nH]c(/C=C3\C(=O)Nc4ccc(F)cc43)c2C)nn1. The van der Waals surface area contributed by atoms with Crippen LogP contribution in [0.2, 0.25) is 0 Å². The van der Waals surface area contributed by atoms with Crippen LogP contribution in [0.15, 0.2) is 24.4 Å². The molecule has 1 aromatic carbocycles. The number of nitrogens with one attached hydrogen (secondary N) is 4. The highest BCUT2D eigenvalue weighted by molar-refractivity contribution is 6.34. The number of hydrogen-bond acceptors (Lipinski definition) is 10. The Hall–Kier alpha value is -4.93. The van der Waals surface area contributed by atoms with Gasteiger partial charge >= 0.3 is 5.97 Å². The number of H-pyrrole nitrogens is 1. The molecule has 0 saturated heterocycles. The van der Waals surface area contributed by atoms with Crippen molar-refractivity contribution >= 4 is 41.0 Å². The lowest BCUT2D eigenvalue weighted by atomic mass is 10.0. The average Bonchev–Trinajstić information content (AvgIpc) is 3.76. The first kappa shape index (κ1) is 37.9. The second-order valence-electron chi connectivity index (χ2n) is 11.5. The normalized spacial score (nSPS) is 13.0. The number of halogens is 1. The summed E-state index contributed by atoms with van der Waals surface area (Å²) in [5.74, 6) is -1.56. The van der Waals surface area contributed by atoms with E-state index in [0.29, 0.717) is 98.2 Å². The summed E-state index contributed by atoms with van der Waals surface area (Å²) in [5, 5.41) is 16.4. The van der Waals surface area contributed by atoms with Crippen LogP contribution in [0.3, 0.4) is 0 Å². The fourth-order valence-electron chi connectivity index (χ4n) is 5.20. The number of hydrogen-bond donors (Lipinski definition) is 4. The lowest BCUT2D eigenvalue weighted by Gasteiger charge is -2.09. The minimum atomic E-state index is -0.451. The van der Waals surface area contributed by atoms with Crippen LogP contribution in [-0.2, 0) is 46.3 Å². The summed E-state index contributed by atoms with van der Waals surface area (Å²) in [4.78, 5) is 51.9. The Kier molecular flexibility index (Phi) is 14.6. The van der Waals surface area contributed by atoms with Crippen molar-refractivity contribution in [2.24, 2.45) is 0 Å². The fourth-order valence-corrected chi connectivity index (χ4v) is 5.20. The summed E-state index contributed by atoms with van der Waals surface area (Å²) in [6.07, 6.45) is 5.27. The van der Waals surface area contributed by atoms with E-state index in [2.05, 4.69) is 36.0 Å². The zero-order chi connectivity index (χ0) is 35.9. The van der Waals surface area contributed by atoms with Crippen LogP contribution in [0.1, 0.15) is 57.8 Å². The van der Waals surface area contributed by atoms with Crippen molar-refractivity contribution in [2.75, 3.05) is 65.2 Å². The summed E-state index contributed by atoms with van der Waals surface area (Å²) in [5.41, 5.74) is 4.38. The zero-order valence-corrected chi connectivity index (χ0v) is 28.6. The molecule has 2 aromatic heterocycles. The maximum absolute atomic E-state index is 13.8. The third kappa shape index (κ3) is 11.3. The largest absolute Gasteiger partial charge is 0.469 e. The number of fused-ring (bicyclic) bond motifs is 1. The molecular formula is C34H44FN7O8. The van der Waals surface area contributed by atoms with Gasteiger partial charge in [0.25, 0.3) is 11.8 Å². The molecule has 3 aromatic rings. The van der Waals surface area contributed by atoms with E-state index in [-0.39, 0.29) is 49.8 Å². The molecule has 0 aliphatic carbocycles. The van der Waals surface area contributed by atoms with Crippen LogP contribution < -0.4 is 16.0 Å². The van der Waals surface area contributed by atoms with Gasteiger partial charge in [0.05, 0.1) is 70.1 Å². The number of carbonyl (C=O) groups is 4. The molecule has 0 fully saturated rings. The molecule has 1 aliphatic rings. The van der Waals surface area contributed by atoms with Crippen molar-refractivity contribution < 1.29 is 42.5 Å². The molecular weight excluding hydrogens is 653 g/mol. The lowest BCUT2D eigenvalue weighted by Crippen LogP contribution is -2.35. The van der Waals surface area contributed by atoms with Crippen LogP contribution in [-0.4, -0.2) is 104 Å². The Morgan fingerprint density at radius 3 is 2.46 bits per heavy atom. The molecule has 1 aliphatic heterocycles. The average molecular weight is 698 g/mol. The quantitative estimate of drug-likeness (QED) is 0.0731. The maximum Gasteiger partial charge on any atom is 0.305 e. The molecule has 0 radical (unpaired) electrons. The van der Waals surface area contributed by atoms with Crippen molar-refractivity contribution in [3.8, 4) is 0 Å². The van der Waals surface area contributed by atoms with E-state index in [0.717, 1.165) is 5.69 Å². The van der Waals surface area contributed by atoms with Gasteiger partial charge in [-0.1, -0.05) is 5.21 Å². The first-order valence-electron chi connectivity index (χ1n) is 16.4. The van der Waals surface area contributed by atoms with Crippen molar-refractivity contribution in [1.82, 2.24) is 30.6 Å². The van der Waals surface area contributed by atoms with Crippen LogP contribution in [0, 0.1) is 19.7 Å². The molecule has 0 bridgehead atoms. The molecule has 3 amide bonds. The molecule has 0 saturated carbocycles.